The lowest BCUT2D eigenvalue weighted by atomic mass is 10.0. The first-order valence-corrected chi connectivity index (χ1v) is 5.06. The zero-order valence-electron chi connectivity index (χ0n) is 9.06. The van der Waals surface area contributed by atoms with Gasteiger partial charge in [0.05, 0.1) is 12.0 Å². The number of carboxylic acids is 1. The highest BCUT2D eigenvalue weighted by molar-refractivity contribution is 5.71. The fourth-order valence-corrected chi connectivity index (χ4v) is 2.00. The SMILES string of the molecule is COC(C)CN1CCC(C(=O)O)C1C. The first kappa shape index (κ1) is 11.5. The first-order valence-electron chi connectivity index (χ1n) is 5.06. The molecular formula is C10H19NO3. The third-order valence-electron chi connectivity index (χ3n) is 3.10. The summed E-state index contributed by atoms with van der Waals surface area (Å²) in [4.78, 5) is 13.0. The maximum absolute atomic E-state index is 10.9. The van der Waals surface area contributed by atoms with Crippen LogP contribution in [0.4, 0.5) is 0 Å². The summed E-state index contributed by atoms with van der Waals surface area (Å²) < 4.78 is 5.17. The zero-order valence-corrected chi connectivity index (χ0v) is 9.06. The Bertz CT molecular complexity index is 208. The number of likely N-dealkylation sites (tertiary alicyclic amines) is 1. The maximum atomic E-state index is 10.9. The zero-order chi connectivity index (χ0) is 10.7. The van der Waals surface area contributed by atoms with E-state index < -0.39 is 5.97 Å². The van der Waals surface area contributed by atoms with E-state index in [0.717, 1.165) is 19.5 Å². The largest absolute Gasteiger partial charge is 0.481 e. The van der Waals surface area contributed by atoms with Crippen LogP contribution in [0.2, 0.25) is 0 Å². The van der Waals surface area contributed by atoms with Crippen molar-refractivity contribution in [3.63, 3.8) is 0 Å². The molecule has 1 aliphatic rings. The standard InChI is InChI=1S/C10H19NO3/c1-7(14-3)6-11-5-4-9(8(11)2)10(12)13/h7-9H,4-6H2,1-3H3,(H,12,13). The van der Waals surface area contributed by atoms with Crippen LogP contribution in [0.25, 0.3) is 0 Å². The van der Waals surface area contributed by atoms with Gasteiger partial charge in [0.15, 0.2) is 0 Å². The van der Waals surface area contributed by atoms with Crippen molar-refractivity contribution < 1.29 is 14.6 Å². The molecule has 1 heterocycles. The molecule has 82 valence electrons. The smallest absolute Gasteiger partial charge is 0.308 e. The summed E-state index contributed by atoms with van der Waals surface area (Å²) in [6.45, 7) is 5.67. The van der Waals surface area contributed by atoms with E-state index >= 15 is 0 Å². The van der Waals surface area contributed by atoms with Crippen LogP contribution in [-0.4, -0.2) is 48.3 Å². The van der Waals surface area contributed by atoms with Gasteiger partial charge in [-0.3, -0.25) is 9.69 Å². The van der Waals surface area contributed by atoms with Crippen LogP contribution in [0.15, 0.2) is 0 Å². The van der Waals surface area contributed by atoms with Gasteiger partial charge in [-0.15, -0.1) is 0 Å². The molecule has 0 spiro atoms. The number of methoxy groups -OCH3 is 1. The average molecular weight is 201 g/mol. The molecule has 1 saturated heterocycles. The number of carboxylic acid groups (broad SMARTS) is 1. The van der Waals surface area contributed by atoms with E-state index in [1.54, 1.807) is 7.11 Å². The van der Waals surface area contributed by atoms with Gasteiger partial charge < -0.3 is 9.84 Å². The molecule has 0 bridgehead atoms. The molecule has 1 aliphatic heterocycles. The number of hydrogen-bond acceptors (Lipinski definition) is 3. The Morgan fingerprint density at radius 1 is 1.71 bits per heavy atom. The number of ether oxygens (including phenoxy) is 1. The van der Waals surface area contributed by atoms with E-state index in [9.17, 15) is 4.79 Å². The molecule has 0 aromatic heterocycles. The minimum atomic E-state index is -0.676. The van der Waals surface area contributed by atoms with Gasteiger partial charge >= 0.3 is 5.97 Å². The Balaban J connectivity index is 2.47. The molecule has 1 rings (SSSR count). The molecule has 3 unspecified atom stereocenters. The van der Waals surface area contributed by atoms with E-state index in [2.05, 4.69) is 4.90 Å². The van der Waals surface area contributed by atoms with Crippen LogP contribution in [0, 0.1) is 5.92 Å². The summed E-state index contributed by atoms with van der Waals surface area (Å²) >= 11 is 0. The molecule has 0 aromatic carbocycles. The Hall–Kier alpha value is -0.610. The number of hydrogen-bond donors (Lipinski definition) is 1. The van der Waals surface area contributed by atoms with E-state index in [-0.39, 0.29) is 18.1 Å². The van der Waals surface area contributed by atoms with Crippen LogP contribution in [0.1, 0.15) is 20.3 Å². The van der Waals surface area contributed by atoms with E-state index in [0.29, 0.717) is 0 Å². The highest BCUT2D eigenvalue weighted by atomic mass is 16.5. The lowest BCUT2D eigenvalue weighted by Crippen LogP contribution is -2.37. The number of aliphatic carboxylic acids is 1. The Morgan fingerprint density at radius 3 is 2.79 bits per heavy atom. The molecule has 1 fully saturated rings. The van der Waals surface area contributed by atoms with Crippen molar-refractivity contribution in [2.75, 3.05) is 20.2 Å². The van der Waals surface area contributed by atoms with Crippen LogP contribution < -0.4 is 0 Å². The molecule has 0 saturated carbocycles. The fraction of sp³-hybridized carbons (Fsp3) is 0.900. The van der Waals surface area contributed by atoms with Crippen LogP contribution in [0.3, 0.4) is 0 Å². The minimum absolute atomic E-state index is 0.130. The topological polar surface area (TPSA) is 49.8 Å². The number of carbonyl (C=O) groups is 1. The summed E-state index contributed by atoms with van der Waals surface area (Å²) in [6.07, 6.45) is 0.928. The van der Waals surface area contributed by atoms with Crippen molar-refractivity contribution in [3.05, 3.63) is 0 Å². The summed E-state index contributed by atoms with van der Waals surface area (Å²) in [7, 11) is 1.68. The molecule has 0 aliphatic carbocycles. The van der Waals surface area contributed by atoms with Gasteiger partial charge in [0.2, 0.25) is 0 Å². The number of nitrogens with zero attached hydrogens (tertiary/aromatic N) is 1. The molecule has 1 N–H and O–H groups in total. The quantitative estimate of drug-likeness (QED) is 0.731. The Morgan fingerprint density at radius 2 is 2.36 bits per heavy atom. The van der Waals surface area contributed by atoms with Crippen LogP contribution in [0.5, 0.6) is 0 Å². The predicted molar refractivity (Wildman–Crippen MR) is 53.2 cm³/mol. The van der Waals surface area contributed by atoms with Crippen molar-refractivity contribution in [3.8, 4) is 0 Å². The van der Waals surface area contributed by atoms with Gasteiger partial charge in [-0.1, -0.05) is 0 Å². The van der Waals surface area contributed by atoms with Gasteiger partial charge in [-0.2, -0.15) is 0 Å². The number of rotatable bonds is 4. The summed E-state index contributed by atoms with van der Waals surface area (Å²) in [6, 6.07) is 0.130. The lowest BCUT2D eigenvalue weighted by Gasteiger charge is -2.25. The van der Waals surface area contributed by atoms with Crippen molar-refractivity contribution in [2.24, 2.45) is 5.92 Å². The Kier molecular flexibility index (Phi) is 3.89. The van der Waals surface area contributed by atoms with Gasteiger partial charge in [0, 0.05) is 19.7 Å². The van der Waals surface area contributed by atoms with Crippen molar-refractivity contribution >= 4 is 5.97 Å². The minimum Gasteiger partial charge on any atom is -0.481 e. The van der Waals surface area contributed by atoms with Crippen molar-refractivity contribution in [1.29, 1.82) is 0 Å². The second kappa shape index (κ2) is 4.75. The normalized spacial score (nSPS) is 30.5. The summed E-state index contributed by atoms with van der Waals surface area (Å²) in [5.74, 6) is -0.885. The average Bonchev–Trinajstić information content (AvgIpc) is 2.48. The fourth-order valence-electron chi connectivity index (χ4n) is 2.00. The molecule has 0 aromatic rings. The van der Waals surface area contributed by atoms with Crippen molar-refractivity contribution in [2.45, 2.75) is 32.4 Å². The summed E-state index contributed by atoms with van der Waals surface area (Å²) in [5.41, 5.74) is 0. The molecule has 0 radical (unpaired) electrons. The van der Waals surface area contributed by atoms with Gasteiger partial charge in [0.1, 0.15) is 0 Å². The van der Waals surface area contributed by atoms with E-state index in [1.165, 1.54) is 0 Å². The highest BCUT2D eigenvalue weighted by Gasteiger charge is 2.35. The van der Waals surface area contributed by atoms with Crippen molar-refractivity contribution in [1.82, 2.24) is 4.90 Å². The third-order valence-corrected chi connectivity index (χ3v) is 3.10. The highest BCUT2D eigenvalue weighted by Crippen LogP contribution is 2.24. The van der Waals surface area contributed by atoms with Crippen LogP contribution in [-0.2, 0) is 9.53 Å². The van der Waals surface area contributed by atoms with Gasteiger partial charge in [-0.25, -0.2) is 0 Å². The first-order chi connectivity index (χ1) is 6.56. The monoisotopic (exact) mass is 201 g/mol. The van der Waals surface area contributed by atoms with E-state index in [1.807, 2.05) is 13.8 Å². The van der Waals surface area contributed by atoms with Crippen LogP contribution >= 0.6 is 0 Å². The van der Waals surface area contributed by atoms with Gasteiger partial charge in [0.25, 0.3) is 0 Å². The van der Waals surface area contributed by atoms with Gasteiger partial charge in [-0.05, 0) is 26.8 Å². The predicted octanol–water partition coefficient (Wildman–Crippen LogP) is 0.816. The maximum Gasteiger partial charge on any atom is 0.308 e. The van der Waals surface area contributed by atoms with E-state index in [4.69, 9.17) is 9.84 Å². The molecule has 3 atom stereocenters. The summed E-state index contributed by atoms with van der Waals surface area (Å²) in [5, 5.41) is 8.93. The molecule has 4 heteroatoms. The third kappa shape index (κ3) is 2.45. The molecular weight excluding hydrogens is 182 g/mol. The molecule has 0 amide bonds. The second-order valence-electron chi connectivity index (χ2n) is 4.02. The molecule has 14 heavy (non-hydrogen) atoms. The lowest BCUT2D eigenvalue weighted by molar-refractivity contribution is -0.142. The molecule has 4 nitrogen and oxygen atoms in total. The second-order valence-corrected chi connectivity index (χ2v) is 4.02. The Labute approximate surface area is 84.8 Å².